The lowest BCUT2D eigenvalue weighted by atomic mass is 10.2. The minimum Gasteiger partial charge on any atom is -0.339 e. The van der Waals surface area contributed by atoms with Gasteiger partial charge in [0.15, 0.2) is 5.13 Å². The Balaban J connectivity index is 1.44. The van der Waals surface area contributed by atoms with Gasteiger partial charge >= 0.3 is 0 Å². The molecular weight excluding hydrogens is 427 g/mol. The van der Waals surface area contributed by atoms with Crippen molar-refractivity contribution in [2.75, 3.05) is 5.32 Å². The van der Waals surface area contributed by atoms with Gasteiger partial charge in [0.1, 0.15) is 5.69 Å². The second-order valence-corrected chi connectivity index (χ2v) is 8.58. The quantitative estimate of drug-likeness (QED) is 0.400. The molecule has 4 aromatic heterocycles. The molecular formula is C23H23FN6OS. The summed E-state index contributed by atoms with van der Waals surface area (Å²) < 4.78 is 17.2. The smallest absolute Gasteiger partial charge is 0.274 e. The number of thiazole rings is 1. The average molecular weight is 451 g/mol. The standard InChI is InChI=1S/C23H23FN6OS/c1-15(2)30-12-18(26-14-30)4-5-19-13-32-23(27-19)28-22(31)20-8-16(3)10-29(20)11-17-6-7-25-21(24)9-17/h4-10,12-15H,11H2,1-3H3,(H,27,28,31)/b5-4+. The summed E-state index contributed by atoms with van der Waals surface area (Å²) in [6.07, 6.45) is 10.8. The van der Waals surface area contributed by atoms with E-state index in [-0.39, 0.29) is 5.91 Å². The molecule has 164 valence electrons. The average Bonchev–Trinajstić information content (AvgIpc) is 3.46. The third kappa shape index (κ3) is 5.17. The van der Waals surface area contributed by atoms with Crippen molar-refractivity contribution in [1.82, 2.24) is 24.1 Å². The van der Waals surface area contributed by atoms with Crippen LogP contribution in [0, 0.1) is 12.9 Å². The highest BCUT2D eigenvalue weighted by molar-refractivity contribution is 7.14. The summed E-state index contributed by atoms with van der Waals surface area (Å²) in [7, 11) is 0. The van der Waals surface area contributed by atoms with E-state index in [0.717, 1.165) is 22.5 Å². The number of anilines is 1. The number of aromatic nitrogens is 5. The predicted molar refractivity (Wildman–Crippen MR) is 124 cm³/mol. The van der Waals surface area contributed by atoms with E-state index in [4.69, 9.17) is 0 Å². The molecule has 4 rings (SSSR count). The molecule has 0 aliphatic heterocycles. The van der Waals surface area contributed by atoms with Crippen LogP contribution in [0.5, 0.6) is 0 Å². The SMILES string of the molecule is Cc1cc(C(=O)Nc2nc(/C=C/c3cn(C(C)C)cn3)cs2)n(Cc2ccnc(F)c2)c1. The summed E-state index contributed by atoms with van der Waals surface area (Å²) in [5.41, 5.74) is 3.73. The van der Waals surface area contributed by atoms with E-state index in [0.29, 0.717) is 23.4 Å². The summed E-state index contributed by atoms with van der Waals surface area (Å²) in [5, 5.41) is 5.23. The first kappa shape index (κ1) is 21.6. The van der Waals surface area contributed by atoms with Crippen molar-refractivity contribution >= 4 is 34.5 Å². The van der Waals surface area contributed by atoms with Crippen LogP contribution in [-0.4, -0.2) is 30.0 Å². The van der Waals surface area contributed by atoms with E-state index < -0.39 is 5.95 Å². The number of hydrogen-bond acceptors (Lipinski definition) is 5. The molecule has 4 heterocycles. The van der Waals surface area contributed by atoms with Crippen molar-refractivity contribution in [2.45, 2.75) is 33.4 Å². The van der Waals surface area contributed by atoms with Gasteiger partial charge in [0.05, 0.1) is 17.7 Å². The summed E-state index contributed by atoms with van der Waals surface area (Å²) in [5.74, 6) is -0.815. The van der Waals surface area contributed by atoms with Crippen molar-refractivity contribution in [2.24, 2.45) is 0 Å². The second kappa shape index (κ2) is 9.27. The van der Waals surface area contributed by atoms with E-state index in [2.05, 4.69) is 34.1 Å². The van der Waals surface area contributed by atoms with Gasteiger partial charge in [0, 0.05) is 36.6 Å². The van der Waals surface area contributed by atoms with Crippen LogP contribution in [-0.2, 0) is 6.54 Å². The molecule has 1 N–H and O–H groups in total. The third-order valence-electron chi connectivity index (χ3n) is 4.79. The molecule has 0 aliphatic carbocycles. The Morgan fingerprint density at radius 1 is 1.22 bits per heavy atom. The number of hydrogen-bond donors (Lipinski definition) is 1. The van der Waals surface area contributed by atoms with Gasteiger partial charge in [-0.1, -0.05) is 0 Å². The number of carbonyl (C=O) groups excluding carboxylic acids is 1. The van der Waals surface area contributed by atoms with E-state index in [1.54, 1.807) is 23.0 Å². The van der Waals surface area contributed by atoms with Crippen LogP contribution < -0.4 is 5.32 Å². The Morgan fingerprint density at radius 2 is 2.03 bits per heavy atom. The number of rotatable bonds is 7. The summed E-state index contributed by atoms with van der Waals surface area (Å²) in [6, 6.07) is 5.24. The highest BCUT2D eigenvalue weighted by Crippen LogP contribution is 2.20. The first-order valence-corrected chi connectivity index (χ1v) is 11.0. The number of halogens is 1. The number of carbonyl (C=O) groups is 1. The lowest BCUT2D eigenvalue weighted by molar-refractivity contribution is 0.101. The van der Waals surface area contributed by atoms with Crippen LogP contribution in [0.3, 0.4) is 0 Å². The maximum atomic E-state index is 13.4. The fraction of sp³-hybridized carbons (Fsp3) is 0.217. The van der Waals surface area contributed by atoms with E-state index >= 15 is 0 Å². The van der Waals surface area contributed by atoms with Crippen LogP contribution >= 0.6 is 11.3 Å². The molecule has 0 saturated heterocycles. The maximum absolute atomic E-state index is 13.4. The Kier molecular flexibility index (Phi) is 6.27. The molecule has 0 aliphatic rings. The van der Waals surface area contributed by atoms with Crippen molar-refractivity contribution in [3.05, 3.63) is 82.7 Å². The Morgan fingerprint density at radius 3 is 2.78 bits per heavy atom. The lowest BCUT2D eigenvalue weighted by Crippen LogP contribution is -2.17. The number of nitrogens with one attached hydrogen (secondary N) is 1. The van der Waals surface area contributed by atoms with Gasteiger partial charge in [0.2, 0.25) is 5.95 Å². The fourth-order valence-electron chi connectivity index (χ4n) is 3.19. The normalized spacial score (nSPS) is 11.5. The molecule has 4 aromatic rings. The van der Waals surface area contributed by atoms with Crippen molar-refractivity contribution in [3.8, 4) is 0 Å². The molecule has 0 aromatic carbocycles. The largest absolute Gasteiger partial charge is 0.339 e. The molecule has 0 atom stereocenters. The molecule has 0 radical (unpaired) electrons. The van der Waals surface area contributed by atoms with Gasteiger partial charge in [0.25, 0.3) is 5.91 Å². The zero-order valence-electron chi connectivity index (χ0n) is 18.0. The number of amides is 1. The molecule has 1 amide bonds. The zero-order valence-corrected chi connectivity index (χ0v) is 18.8. The van der Waals surface area contributed by atoms with E-state index in [1.807, 2.05) is 41.4 Å². The first-order valence-electron chi connectivity index (χ1n) is 10.1. The second-order valence-electron chi connectivity index (χ2n) is 7.72. The van der Waals surface area contributed by atoms with Gasteiger partial charge in [-0.2, -0.15) is 4.39 Å². The van der Waals surface area contributed by atoms with Gasteiger partial charge < -0.3 is 9.13 Å². The summed E-state index contributed by atoms with van der Waals surface area (Å²) in [4.78, 5) is 25.3. The van der Waals surface area contributed by atoms with E-state index in [1.165, 1.54) is 23.6 Å². The van der Waals surface area contributed by atoms with Crippen LogP contribution in [0.4, 0.5) is 9.52 Å². The van der Waals surface area contributed by atoms with Crippen molar-refractivity contribution in [1.29, 1.82) is 0 Å². The summed E-state index contributed by atoms with van der Waals surface area (Å²) >= 11 is 1.35. The lowest BCUT2D eigenvalue weighted by Gasteiger charge is -2.09. The molecule has 0 bridgehead atoms. The number of imidazole rings is 1. The highest BCUT2D eigenvalue weighted by Gasteiger charge is 2.15. The molecule has 0 saturated carbocycles. The minimum absolute atomic E-state index is 0.270. The number of aryl methyl sites for hydroxylation is 1. The molecule has 32 heavy (non-hydrogen) atoms. The van der Waals surface area contributed by atoms with Crippen LogP contribution in [0.1, 0.15) is 52.9 Å². The number of pyridine rings is 1. The highest BCUT2D eigenvalue weighted by atomic mass is 32.1. The van der Waals surface area contributed by atoms with Crippen LogP contribution in [0.15, 0.2) is 48.5 Å². The van der Waals surface area contributed by atoms with Gasteiger partial charge in [-0.05, 0) is 62.2 Å². The van der Waals surface area contributed by atoms with Gasteiger partial charge in [-0.3, -0.25) is 10.1 Å². The maximum Gasteiger partial charge on any atom is 0.274 e. The molecule has 0 spiro atoms. The Bertz CT molecular complexity index is 1270. The van der Waals surface area contributed by atoms with Gasteiger partial charge in [-0.25, -0.2) is 15.0 Å². The predicted octanol–water partition coefficient (Wildman–Crippen LogP) is 5.04. The zero-order chi connectivity index (χ0) is 22.7. The van der Waals surface area contributed by atoms with Gasteiger partial charge in [-0.15, -0.1) is 11.3 Å². The topological polar surface area (TPSA) is 77.6 Å². The van der Waals surface area contributed by atoms with Crippen molar-refractivity contribution < 1.29 is 9.18 Å². The molecule has 7 nitrogen and oxygen atoms in total. The first-order chi connectivity index (χ1) is 15.4. The van der Waals surface area contributed by atoms with E-state index in [9.17, 15) is 9.18 Å². The fourth-order valence-corrected chi connectivity index (χ4v) is 3.86. The van der Waals surface area contributed by atoms with Crippen molar-refractivity contribution in [3.63, 3.8) is 0 Å². The monoisotopic (exact) mass is 450 g/mol. The molecule has 0 fully saturated rings. The minimum atomic E-state index is -0.545. The third-order valence-corrected chi connectivity index (χ3v) is 5.57. The number of nitrogens with zero attached hydrogens (tertiary/aromatic N) is 5. The Labute approximate surface area is 189 Å². The van der Waals surface area contributed by atoms with Crippen LogP contribution in [0.25, 0.3) is 12.2 Å². The summed E-state index contributed by atoms with van der Waals surface area (Å²) in [6.45, 7) is 6.47. The molecule has 0 unspecified atom stereocenters. The molecule has 9 heteroatoms. The Hall–Kier alpha value is -3.59. The van der Waals surface area contributed by atoms with Crippen LogP contribution in [0.2, 0.25) is 0 Å².